The fourth-order valence-corrected chi connectivity index (χ4v) is 2.09. The number of hydrogen-bond acceptors (Lipinski definition) is 2. The molecule has 2 aromatic carbocycles. The number of carbonyl (C=O) groups is 2. The average Bonchev–Trinajstić information content (AvgIpc) is 2.39. The van der Waals surface area contributed by atoms with Gasteiger partial charge in [-0.25, -0.2) is 0 Å². The highest BCUT2D eigenvalue weighted by Crippen LogP contribution is 2.30. The highest BCUT2D eigenvalue weighted by molar-refractivity contribution is 6.15. The molecule has 0 aliphatic heterocycles. The molecule has 0 aromatic heterocycles. The van der Waals surface area contributed by atoms with Crippen LogP contribution in [0.25, 0.3) is 11.1 Å². The summed E-state index contributed by atoms with van der Waals surface area (Å²) in [5, 5.41) is 0. The second-order valence-corrected chi connectivity index (χ2v) is 4.26. The molecule has 0 fully saturated rings. The zero-order chi connectivity index (χ0) is 13.8. The maximum atomic E-state index is 11.7. The summed E-state index contributed by atoms with van der Waals surface area (Å²) in [5.41, 5.74) is 2.47. The molecule has 2 aromatic rings. The fourth-order valence-electron chi connectivity index (χ4n) is 2.09. The van der Waals surface area contributed by atoms with Crippen LogP contribution in [0, 0.1) is 0 Å². The predicted octanol–water partition coefficient (Wildman–Crippen LogP) is 3.67. The summed E-state index contributed by atoms with van der Waals surface area (Å²) in [6.45, 7) is 2.78. The third-order valence-electron chi connectivity index (χ3n) is 2.86. The summed E-state index contributed by atoms with van der Waals surface area (Å²) in [6, 6.07) is 17.1. The summed E-state index contributed by atoms with van der Waals surface area (Å²) in [7, 11) is 0. The first-order valence-corrected chi connectivity index (χ1v) is 6.07. The molecule has 0 bridgehead atoms. The van der Waals surface area contributed by atoms with E-state index in [2.05, 4.69) is 0 Å². The Labute approximate surface area is 124 Å². The predicted molar refractivity (Wildman–Crippen MR) is 83.0 cm³/mol. The number of carbonyl (C=O) groups excluding carboxylic acids is 2. The van der Waals surface area contributed by atoms with Gasteiger partial charge in [0, 0.05) is 19.4 Å². The monoisotopic (exact) mass is 289 g/mol. The van der Waals surface area contributed by atoms with E-state index in [1.54, 1.807) is 6.07 Å². The Hall–Kier alpha value is -2.13. The van der Waals surface area contributed by atoms with Crippen molar-refractivity contribution in [1.82, 2.24) is 0 Å². The van der Waals surface area contributed by atoms with Crippen LogP contribution in [0.1, 0.15) is 13.8 Å². The van der Waals surface area contributed by atoms with E-state index in [1.165, 1.54) is 18.7 Å². The quantitative estimate of drug-likeness (QED) is 0.846. The molecule has 0 aliphatic carbocycles. The van der Waals surface area contributed by atoms with E-state index in [1.807, 2.05) is 48.5 Å². The molecule has 0 radical (unpaired) electrons. The maximum absolute atomic E-state index is 11.7. The highest BCUT2D eigenvalue weighted by Gasteiger charge is 2.19. The van der Waals surface area contributed by atoms with Gasteiger partial charge in [-0.05, 0) is 11.6 Å². The molecule has 0 heterocycles. The smallest absolute Gasteiger partial charge is 0.230 e. The van der Waals surface area contributed by atoms with E-state index in [0.29, 0.717) is 5.69 Å². The molecule has 0 saturated heterocycles. The van der Waals surface area contributed by atoms with Crippen LogP contribution in [0.3, 0.4) is 0 Å². The summed E-state index contributed by atoms with van der Waals surface area (Å²) in [6.07, 6.45) is 0. The molecule has 104 valence electrons. The van der Waals surface area contributed by atoms with Crippen molar-refractivity contribution in [2.75, 3.05) is 4.90 Å². The van der Waals surface area contributed by atoms with Gasteiger partial charge in [-0.2, -0.15) is 0 Å². The van der Waals surface area contributed by atoms with E-state index in [-0.39, 0.29) is 24.2 Å². The van der Waals surface area contributed by atoms with E-state index in [9.17, 15) is 9.59 Å². The number of benzene rings is 2. The molecule has 20 heavy (non-hydrogen) atoms. The van der Waals surface area contributed by atoms with Gasteiger partial charge in [-0.1, -0.05) is 48.5 Å². The number of anilines is 1. The number of hydrogen-bond donors (Lipinski definition) is 0. The first-order valence-electron chi connectivity index (χ1n) is 6.07. The normalized spacial score (nSPS) is 9.50. The maximum Gasteiger partial charge on any atom is 0.230 e. The highest BCUT2D eigenvalue weighted by atomic mass is 35.5. The van der Waals surface area contributed by atoms with Crippen molar-refractivity contribution in [3.63, 3.8) is 0 Å². The molecule has 3 nitrogen and oxygen atoms in total. The number of rotatable bonds is 2. The largest absolute Gasteiger partial charge is 0.274 e. The molecule has 0 atom stereocenters. The Morgan fingerprint density at radius 1 is 0.800 bits per heavy atom. The second-order valence-electron chi connectivity index (χ2n) is 4.26. The lowest BCUT2D eigenvalue weighted by molar-refractivity contribution is -0.124. The van der Waals surface area contributed by atoms with Crippen LogP contribution in [0.5, 0.6) is 0 Å². The van der Waals surface area contributed by atoms with Gasteiger partial charge in [0.25, 0.3) is 0 Å². The van der Waals surface area contributed by atoms with Crippen molar-refractivity contribution in [3.05, 3.63) is 54.6 Å². The van der Waals surface area contributed by atoms with Crippen molar-refractivity contribution in [2.45, 2.75) is 13.8 Å². The molecular weight excluding hydrogens is 274 g/mol. The third-order valence-corrected chi connectivity index (χ3v) is 2.86. The average molecular weight is 290 g/mol. The summed E-state index contributed by atoms with van der Waals surface area (Å²) >= 11 is 0. The first-order chi connectivity index (χ1) is 9.11. The van der Waals surface area contributed by atoms with Crippen LogP contribution < -0.4 is 4.90 Å². The molecule has 0 saturated carbocycles. The Bertz CT molecular complexity index is 597. The van der Waals surface area contributed by atoms with Gasteiger partial charge in [0.05, 0.1) is 5.69 Å². The number of amides is 2. The molecule has 0 N–H and O–H groups in total. The SMILES string of the molecule is CC(=O)N(C(C)=O)c1ccccc1-c1ccccc1.Cl. The zero-order valence-electron chi connectivity index (χ0n) is 11.4. The lowest BCUT2D eigenvalue weighted by Gasteiger charge is -2.20. The van der Waals surface area contributed by atoms with Gasteiger partial charge in [0.1, 0.15) is 0 Å². The minimum Gasteiger partial charge on any atom is -0.274 e. The standard InChI is InChI=1S/C16H15NO2.ClH/c1-12(18)17(13(2)19)16-11-7-6-10-15(16)14-8-4-3-5-9-14;/h3-11H,1-2H3;1H. The van der Waals surface area contributed by atoms with Crippen molar-refractivity contribution >= 4 is 29.9 Å². The van der Waals surface area contributed by atoms with Crippen LogP contribution in [-0.4, -0.2) is 11.8 Å². The van der Waals surface area contributed by atoms with Gasteiger partial charge in [0.15, 0.2) is 0 Å². The van der Waals surface area contributed by atoms with Crippen molar-refractivity contribution in [3.8, 4) is 11.1 Å². The van der Waals surface area contributed by atoms with Crippen LogP contribution in [0.4, 0.5) is 5.69 Å². The molecule has 0 aliphatic rings. The molecule has 2 rings (SSSR count). The van der Waals surface area contributed by atoms with Crippen LogP contribution in [0.2, 0.25) is 0 Å². The van der Waals surface area contributed by atoms with Crippen LogP contribution >= 0.6 is 12.4 Å². The Kier molecular flexibility index (Phi) is 5.47. The van der Waals surface area contributed by atoms with Crippen molar-refractivity contribution in [1.29, 1.82) is 0 Å². The Balaban J connectivity index is 0.00000200. The summed E-state index contributed by atoms with van der Waals surface area (Å²) in [5.74, 6) is -0.563. The molecule has 0 spiro atoms. The number of imide groups is 1. The van der Waals surface area contributed by atoms with Crippen molar-refractivity contribution in [2.24, 2.45) is 0 Å². The van der Waals surface area contributed by atoms with Gasteiger partial charge < -0.3 is 0 Å². The second kappa shape index (κ2) is 6.87. The van der Waals surface area contributed by atoms with Crippen LogP contribution in [-0.2, 0) is 9.59 Å². The Morgan fingerprint density at radius 2 is 1.30 bits per heavy atom. The summed E-state index contributed by atoms with van der Waals surface area (Å²) < 4.78 is 0. The number of para-hydroxylation sites is 1. The number of nitrogens with zero attached hydrogens (tertiary/aromatic N) is 1. The molecule has 2 amide bonds. The van der Waals surface area contributed by atoms with Crippen LogP contribution in [0.15, 0.2) is 54.6 Å². The fraction of sp³-hybridized carbons (Fsp3) is 0.125. The summed E-state index contributed by atoms with van der Waals surface area (Å²) in [4.78, 5) is 24.5. The Morgan fingerprint density at radius 3 is 1.85 bits per heavy atom. The van der Waals surface area contributed by atoms with E-state index >= 15 is 0 Å². The number of halogens is 1. The van der Waals surface area contributed by atoms with Gasteiger partial charge in [-0.3, -0.25) is 14.5 Å². The first kappa shape index (κ1) is 15.9. The van der Waals surface area contributed by atoms with E-state index in [4.69, 9.17) is 0 Å². The zero-order valence-corrected chi connectivity index (χ0v) is 12.2. The minimum atomic E-state index is -0.282. The third kappa shape index (κ3) is 3.25. The topological polar surface area (TPSA) is 37.4 Å². The molecular formula is C16H16ClNO2. The lowest BCUT2D eigenvalue weighted by atomic mass is 10.0. The van der Waals surface area contributed by atoms with E-state index in [0.717, 1.165) is 11.1 Å². The van der Waals surface area contributed by atoms with Crippen molar-refractivity contribution < 1.29 is 9.59 Å². The lowest BCUT2D eigenvalue weighted by Crippen LogP contribution is -2.33. The van der Waals surface area contributed by atoms with E-state index < -0.39 is 0 Å². The van der Waals surface area contributed by atoms with Gasteiger partial charge in [0.2, 0.25) is 11.8 Å². The van der Waals surface area contributed by atoms with Gasteiger partial charge in [-0.15, -0.1) is 12.4 Å². The minimum absolute atomic E-state index is 0. The molecule has 0 unspecified atom stereocenters. The van der Waals surface area contributed by atoms with Gasteiger partial charge >= 0.3 is 0 Å². The molecule has 4 heteroatoms.